The average molecular weight is 417 g/mol. The maximum atomic E-state index is 4.53. The molecule has 1 aromatic heterocycles. The van der Waals surface area contributed by atoms with Gasteiger partial charge >= 0.3 is 0 Å². The van der Waals surface area contributed by atoms with Crippen molar-refractivity contribution in [3.8, 4) is 11.4 Å². The van der Waals surface area contributed by atoms with Gasteiger partial charge in [-0.3, -0.25) is 0 Å². The highest BCUT2D eigenvalue weighted by Crippen LogP contribution is 2.30. The molecule has 0 aliphatic rings. The van der Waals surface area contributed by atoms with Gasteiger partial charge in [0.05, 0.1) is 0 Å². The van der Waals surface area contributed by atoms with Gasteiger partial charge in [-0.2, -0.15) is 0 Å². The fraction of sp³-hybridized carbons (Fsp3) is 0.280. The van der Waals surface area contributed by atoms with E-state index in [9.17, 15) is 0 Å². The molecule has 4 nitrogen and oxygen atoms in total. The molecule has 0 unspecified atom stereocenters. The van der Waals surface area contributed by atoms with Crippen molar-refractivity contribution in [2.75, 3.05) is 18.0 Å². The summed E-state index contributed by atoms with van der Waals surface area (Å²) in [5, 5.41) is 12.6. The third kappa shape index (κ3) is 4.08. The van der Waals surface area contributed by atoms with Crippen molar-refractivity contribution < 1.29 is 0 Å². The summed E-state index contributed by atoms with van der Waals surface area (Å²) in [6.07, 6.45) is 0. The fourth-order valence-corrected chi connectivity index (χ4v) is 4.87. The van der Waals surface area contributed by atoms with Crippen LogP contribution >= 0.6 is 11.8 Å². The second kappa shape index (κ2) is 9.35. The Kier molecular flexibility index (Phi) is 6.38. The molecule has 3 aromatic carbocycles. The third-order valence-corrected chi connectivity index (χ3v) is 6.54. The van der Waals surface area contributed by atoms with Crippen molar-refractivity contribution in [1.29, 1.82) is 0 Å². The molecular formula is C25H28N4S. The molecule has 0 spiro atoms. The highest BCUT2D eigenvalue weighted by Gasteiger charge is 2.14. The van der Waals surface area contributed by atoms with Gasteiger partial charge in [0, 0.05) is 36.6 Å². The summed E-state index contributed by atoms with van der Waals surface area (Å²) in [5.41, 5.74) is 3.68. The van der Waals surface area contributed by atoms with Crippen LogP contribution < -0.4 is 4.90 Å². The fourth-order valence-electron chi connectivity index (χ4n) is 3.86. The summed E-state index contributed by atoms with van der Waals surface area (Å²) < 4.78 is 2.21. The Morgan fingerprint density at radius 3 is 2.30 bits per heavy atom. The van der Waals surface area contributed by atoms with E-state index in [1.165, 1.54) is 22.0 Å². The van der Waals surface area contributed by atoms with Gasteiger partial charge in [-0.1, -0.05) is 54.2 Å². The largest absolute Gasteiger partial charge is 0.372 e. The number of rotatable bonds is 8. The molecule has 30 heavy (non-hydrogen) atoms. The van der Waals surface area contributed by atoms with Crippen LogP contribution in [0, 0.1) is 0 Å². The molecule has 0 aliphatic carbocycles. The van der Waals surface area contributed by atoms with Gasteiger partial charge < -0.3 is 9.47 Å². The zero-order chi connectivity index (χ0) is 20.9. The van der Waals surface area contributed by atoms with Crippen LogP contribution in [-0.2, 0) is 12.3 Å². The van der Waals surface area contributed by atoms with Crippen molar-refractivity contribution in [3.63, 3.8) is 0 Å². The zero-order valence-corrected chi connectivity index (χ0v) is 18.7. The van der Waals surface area contributed by atoms with E-state index in [1.807, 2.05) is 0 Å². The predicted octanol–water partition coefficient (Wildman–Crippen LogP) is 6.26. The summed E-state index contributed by atoms with van der Waals surface area (Å²) in [7, 11) is 0. The minimum atomic E-state index is 0.845. The Balaban J connectivity index is 1.56. The Morgan fingerprint density at radius 2 is 1.57 bits per heavy atom. The molecule has 0 saturated heterocycles. The first-order chi connectivity index (χ1) is 14.7. The lowest BCUT2D eigenvalue weighted by molar-refractivity contribution is 0.687. The molecule has 1 heterocycles. The smallest absolute Gasteiger partial charge is 0.191 e. The van der Waals surface area contributed by atoms with Crippen LogP contribution in [0.5, 0.6) is 0 Å². The molecule has 0 N–H and O–H groups in total. The van der Waals surface area contributed by atoms with Crippen LogP contribution in [-0.4, -0.2) is 27.9 Å². The maximum absolute atomic E-state index is 4.53. The second-order valence-electron chi connectivity index (χ2n) is 7.20. The number of nitrogens with zero attached hydrogens (tertiary/aromatic N) is 4. The third-order valence-electron chi connectivity index (χ3n) is 5.52. The van der Waals surface area contributed by atoms with Crippen molar-refractivity contribution in [2.45, 2.75) is 38.2 Å². The van der Waals surface area contributed by atoms with Crippen LogP contribution in [0.3, 0.4) is 0 Å². The van der Waals surface area contributed by atoms with Crippen molar-refractivity contribution >= 4 is 28.2 Å². The molecule has 4 aromatic rings. The molecule has 0 aliphatic heterocycles. The average Bonchev–Trinajstić information content (AvgIpc) is 3.22. The van der Waals surface area contributed by atoms with Gasteiger partial charge in [0.15, 0.2) is 11.0 Å². The van der Waals surface area contributed by atoms with Gasteiger partial charge in [0.2, 0.25) is 0 Å². The summed E-state index contributed by atoms with van der Waals surface area (Å²) in [6, 6.07) is 23.7. The lowest BCUT2D eigenvalue weighted by Crippen LogP contribution is -2.21. The van der Waals surface area contributed by atoms with E-state index >= 15 is 0 Å². The Labute approximate surface area is 182 Å². The van der Waals surface area contributed by atoms with Gasteiger partial charge in [0.25, 0.3) is 0 Å². The highest BCUT2D eigenvalue weighted by atomic mass is 32.2. The Morgan fingerprint density at radius 1 is 0.833 bits per heavy atom. The molecule has 0 atom stereocenters. The van der Waals surface area contributed by atoms with Gasteiger partial charge in [-0.05, 0) is 61.4 Å². The number of anilines is 1. The van der Waals surface area contributed by atoms with Crippen molar-refractivity contribution in [1.82, 2.24) is 14.8 Å². The topological polar surface area (TPSA) is 34.0 Å². The lowest BCUT2D eigenvalue weighted by Gasteiger charge is -2.21. The summed E-state index contributed by atoms with van der Waals surface area (Å²) in [4.78, 5) is 2.35. The first kappa shape index (κ1) is 20.5. The molecule has 0 radical (unpaired) electrons. The van der Waals surface area contributed by atoms with E-state index in [0.29, 0.717) is 0 Å². The first-order valence-corrected chi connectivity index (χ1v) is 11.6. The molecule has 0 bridgehead atoms. The van der Waals surface area contributed by atoms with E-state index in [1.54, 1.807) is 11.8 Å². The molecular weight excluding hydrogens is 388 g/mol. The first-order valence-electron chi connectivity index (χ1n) is 10.6. The van der Waals surface area contributed by atoms with Gasteiger partial charge in [-0.15, -0.1) is 10.2 Å². The van der Waals surface area contributed by atoms with Crippen LogP contribution in [0.15, 0.2) is 71.9 Å². The predicted molar refractivity (Wildman–Crippen MR) is 128 cm³/mol. The van der Waals surface area contributed by atoms with E-state index in [-0.39, 0.29) is 0 Å². The van der Waals surface area contributed by atoms with Crippen LogP contribution in [0.1, 0.15) is 26.3 Å². The van der Waals surface area contributed by atoms with Crippen molar-refractivity contribution in [2.24, 2.45) is 0 Å². The SMILES string of the molecule is CCN(CC)c1ccc(-c2nnc(SCc3cccc4ccccc34)n2CC)cc1. The summed E-state index contributed by atoms with van der Waals surface area (Å²) in [5.74, 6) is 1.81. The minimum Gasteiger partial charge on any atom is -0.372 e. The lowest BCUT2D eigenvalue weighted by atomic mass is 10.1. The molecule has 4 rings (SSSR count). The molecule has 0 amide bonds. The number of benzene rings is 3. The van der Waals surface area contributed by atoms with Gasteiger partial charge in [-0.25, -0.2) is 0 Å². The number of fused-ring (bicyclic) bond motifs is 1. The van der Waals surface area contributed by atoms with Crippen LogP contribution in [0.2, 0.25) is 0 Å². The standard InChI is InChI=1S/C25H28N4S/c1-4-28(5-2)22-16-14-20(15-17-22)24-26-27-25(29(24)6-3)30-18-21-12-9-11-19-10-7-8-13-23(19)21/h7-17H,4-6,18H2,1-3H3. The van der Waals surface area contributed by atoms with Crippen LogP contribution in [0.4, 0.5) is 5.69 Å². The van der Waals surface area contributed by atoms with E-state index in [4.69, 9.17) is 0 Å². The Hall–Kier alpha value is -2.79. The number of thioether (sulfide) groups is 1. The summed E-state index contributed by atoms with van der Waals surface area (Å²) in [6.45, 7) is 9.39. The maximum Gasteiger partial charge on any atom is 0.191 e. The monoisotopic (exact) mass is 416 g/mol. The highest BCUT2D eigenvalue weighted by molar-refractivity contribution is 7.98. The van der Waals surface area contributed by atoms with Crippen molar-refractivity contribution in [3.05, 3.63) is 72.3 Å². The molecule has 5 heteroatoms. The molecule has 154 valence electrons. The number of aromatic nitrogens is 3. The number of hydrogen-bond acceptors (Lipinski definition) is 4. The van der Waals surface area contributed by atoms with E-state index in [0.717, 1.165) is 41.9 Å². The van der Waals surface area contributed by atoms with Crippen LogP contribution in [0.25, 0.3) is 22.2 Å². The minimum absolute atomic E-state index is 0.845. The quantitative estimate of drug-likeness (QED) is 0.318. The number of hydrogen-bond donors (Lipinski definition) is 0. The van der Waals surface area contributed by atoms with E-state index in [2.05, 4.69) is 107 Å². The zero-order valence-electron chi connectivity index (χ0n) is 17.9. The second-order valence-corrected chi connectivity index (χ2v) is 8.14. The van der Waals surface area contributed by atoms with Gasteiger partial charge in [0.1, 0.15) is 0 Å². The normalized spacial score (nSPS) is 11.2. The summed E-state index contributed by atoms with van der Waals surface area (Å²) >= 11 is 1.75. The Bertz CT molecular complexity index is 1110. The van der Waals surface area contributed by atoms with E-state index < -0.39 is 0 Å². The molecule has 0 fully saturated rings. The molecule has 0 saturated carbocycles.